The first-order chi connectivity index (χ1) is 9.27. The van der Waals surface area contributed by atoms with Gasteiger partial charge in [0.25, 0.3) is 0 Å². The summed E-state index contributed by atoms with van der Waals surface area (Å²) in [6.07, 6.45) is 1.86. The van der Waals surface area contributed by atoms with Crippen LogP contribution in [0, 0.1) is 0 Å². The summed E-state index contributed by atoms with van der Waals surface area (Å²) in [5.41, 5.74) is 7.10. The molecule has 1 aromatic rings. The Balaban J connectivity index is 2.16. The molecular weight excluding hydrogens is 242 g/mol. The Bertz CT molecular complexity index is 327. The van der Waals surface area contributed by atoms with E-state index in [0.29, 0.717) is 19.8 Å². The van der Waals surface area contributed by atoms with Gasteiger partial charge < -0.3 is 19.9 Å². The van der Waals surface area contributed by atoms with Gasteiger partial charge in [-0.1, -0.05) is 19.1 Å². The number of hydrogen-bond donors (Lipinski definition) is 1. The Kier molecular flexibility index (Phi) is 8.21. The van der Waals surface area contributed by atoms with Crippen LogP contribution in [0.2, 0.25) is 0 Å². The fraction of sp³-hybridized carbons (Fsp3) is 0.600. The molecule has 0 aliphatic carbocycles. The Morgan fingerprint density at radius 1 is 1.05 bits per heavy atom. The lowest BCUT2D eigenvalue weighted by Gasteiger charge is -2.11. The number of rotatable bonds is 10. The van der Waals surface area contributed by atoms with Crippen LogP contribution in [0.15, 0.2) is 24.3 Å². The summed E-state index contributed by atoms with van der Waals surface area (Å²) in [5, 5.41) is 0. The fourth-order valence-corrected chi connectivity index (χ4v) is 1.67. The first-order valence-corrected chi connectivity index (χ1v) is 6.83. The maximum atomic E-state index is 5.95. The Labute approximate surface area is 115 Å². The highest BCUT2D eigenvalue weighted by Gasteiger charge is 2.02. The van der Waals surface area contributed by atoms with Crippen LogP contribution >= 0.6 is 0 Å². The largest absolute Gasteiger partial charge is 0.491 e. The van der Waals surface area contributed by atoms with Crippen LogP contribution in [-0.4, -0.2) is 33.5 Å². The maximum absolute atomic E-state index is 5.95. The molecule has 0 spiro atoms. The van der Waals surface area contributed by atoms with E-state index in [0.717, 1.165) is 30.8 Å². The van der Waals surface area contributed by atoms with Crippen LogP contribution in [0.1, 0.15) is 31.4 Å². The lowest BCUT2D eigenvalue weighted by atomic mass is 10.1. The van der Waals surface area contributed by atoms with Gasteiger partial charge >= 0.3 is 0 Å². The second-order valence-electron chi connectivity index (χ2n) is 4.39. The standard InChI is InChI=1S/C15H25NO3/c1-3-15(16)13-5-7-14(8-6-13)19-12-11-18-10-4-9-17-2/h5-8,15H,3-4,9-12,16H2,1-2H3/t15-/m0/s1. The zero-order chi connectivity index (χ0) is 13.9. The molecule has 0 saturated carbocycles. The maximum Gasteiger partial charge on any atom is 0.119 e. The average Bonchev–Trinajstić information content (AvgIpc) is 2.46. The summed E-state index contributed by atoms with van der Waals surface area (Å²) in [4.78, 5) is 0. The normalized spacial score (nSPS) is 12.4. The lowest BCUT2D eigenvalue weighted by molar-refractivity contribution is 0.0806. The highest BCUT2D eigenvalue weighted by Crippen LogP contribution is 2.18. The molecule has 1 aromatic carbocycles. The third-order valence-corrected chi connectivity index (χ3v) is 2.88. The van der Waals surface area contributed by atoms with Gasteiger partial charge in [0, 0.05) is 26.4 Å². The molecule has 0 radical (unpaired) electrons. The predicted molar refractivity (Wildman–Crippen MR) is 76.5 cm³/mol. The molecule has 0 unspecified atom stereocenters. The van der Waals surface area contributed by atoms with Crippen molar-refractivity contribution in [3.8, 4) is 5.75 Å². The number of hydrogen-bond acceptors (Lipinski definition) is 4. The lowest BCUT2D eigenvalue weighted by Crippen LogP contribution is -2.10. The topological polar surface area (TPSA) is 53.7 Å². The Hall–Kier alpha value is -1.10. The van der Waals surface area contributed by atoms with Crippen molar-refractivity contribution in [1.29, 1.82) is 0 Å². The SMILES string of the molecule is CC[C@H](N)c1ccc(OCCOCCCOC)cc1. The van der Waals surface area contributed by atoms with Crippen molar-refractivity contribution in [1.82, 2.24) is 0 Å². The van der Waals surface area contributed by atoms with Gasteiger partial charge in [-0.3, -0.25) is 0 Å². The van der Waals surface area contributed by atoms with Gasteiger partial charge in [-0.05, 0) is 30.5 Å². The highest BCUT2D eigenvalue weighted by atomic mass is 16.5. The van der Waals surface area contributed by atoms with E-state index >= 15 is 0 Å². The average molecular weight is 267 g/mol. The third-order valence-electron chi connectivity index (χ3n) is 2.88. The number of nitrogens with two attached hydrogens (primary N) is 1. The number of benzene rings is 1. The van der Waals surface area contributed by atoms with Crippen molar-refractivity contribution in [2.45, 2.75) is 25.8 Å². The van der Waals surface area contributed by atoms with Crippen molar-refractivity contribution < 1.29 is 14.2 Å². The molecule has 4 nitrogen and oxygen atoms in total. The predicted octanol–water partition coefficient (Wildman–Crippen LogP) is 2.53. The number of ether oxygens (including phenoxy) is 3. The first-order valence-electron chi connectivity index (χ1n) is 6.83. The van der Waals surface area contributed by atoms with Gasteiger partial charge in [-0.15, -0.1) is 0 Å². The minimum absolute atomic E-state index is 0.109. The third kappa shape index (κ3) is 6.57. The van der Waals surface area contributed by atoms with E-state index in [1.54, 1.807) is 7.11 Å². The molecule has 1 atom stereocenters. The van der Waals surface area contributed by atoms with Crippen LogP contribution < -0.4 is 10.5 Å². The number of methoxy groups -OCH3 is 1. The summed E-state index contributed by atoms with van der Waals surface area (Å²) in [6, 6.07) is 8.05. The zero-order valence-corrected chi connectivity index (χ0v) is 11.9. The van der Waals surface area contributed by atoms with Crippen LogP contribution in [0.25, 0.3) is 0 Å². The van der Waals surface area contributed by atoms with E-state index in [1.807, 2.05) is 24.3 Å². The molecular formula is C15H25NO3. The van der Waals surface area contributed by atoms with Gasteiger partial charge in [-0.25, -0.2) is 0 Å². The molecule has 0 amide bonds. The van der Waals surface area contributed by atoms with Gasteiger partial charge in [0.05, 0.1) is 6.61 Å². The molecule has 0 heterocycles. The minimum atomic E-state index is 0.109. The highest BCUT2D eigenvalue weighted by molar-refractivity contribution is 5.28. The van der Waals surface area contributed by atoms with Crippen LogP contribution in [0.4, 0.5) is 0 Å². The van der Waals surface area contributed by atoms with Crippen molar-refractivity contribution >= 4 is 0 Å². The van der Waals surface area contributed by atoms with E-state index < -0.39 is 0 Å². The van der Waals surface area contributed by atoms with Crippen LogP contribution in [0.3, 0.4) is 0 Å². The second kappa shape index (κ2) is 9.78. The molecule has 0 aliphatic rings. The van der Waals surface area contributed by atoms with Crippen LogP contribution in [0.5, 0.6) is 5.75 Å². The van der Waals surface area contributed by atoms with Crippen molar-refractivity contribution in [3.05, 3.63) is 29.8 Å². The Morgan fingerprint density at radius 3 is 2.42 bits per heavy atom. The van der Waals surface area contributed by atoms with E-state index in [-0.39, 0.29) is 6.04 Å². The van der Waals surface area contributed by atoms with Crippen molar-refractivity contribution in [2.24, 2.45) is 5.73 Å². The quantitative estimate of drug-likeness (QED) is 0.662. The smallest absolute Gasteiger partial charge is 0.119 e. The molecule has 0 fully saturated rings. The first kappa shape index (κ1) is 16.0. The fourth-order valence-electron chi connectivity index (χ4n) is 1.67. The minimum Gasteiger partial charge on any atom is -0.491 e. The van der Waals surface area contributed by atoms with Crippen molar-refractivity contribution in [3.63, 3.8) is 0 Å². The van der Waals surface area contributed by atoms with E-state index in [9.17, 15) is 0 Å². The van der Waals surface area contributed by atoms with Gasteiger partial charge in [0.2, 0.25) is 0 Å². The van der Waals surface area contributed by atoms with Gasteiger partial charge in [-0.2, -0.15) is 0 Å². The zero-order valence-electron chi connectivity index (χ0n) is 11.9. The Morgan fingerprint density at radius 2 is 1.79 bits per heavy atom. The van der Waals surface area contributed by atoms with E-state index in [2.05, 4.69) is 6.92 Å². The second-order valence-corrected chi connectivity index (χ2v) is 4.39. The summed E-state index contributed by atoms with van der Waals surface area (Å²) in [5.74, 6) is 0.854. The van der Waals surface area contributed by atoms with E-state index in [1.165, 1.54) is 0 Å². The summed E-state index contributed by atoms with van der Waals surface area (Å²) >= 11 is 0. The van der Waals surface area contributed by atoms with E-state index in [4.69, 9.17) is 19.9 Å². The summed E-state index contributed by atoms with van der Waals surface area (Å²) in [7, 11) is 1.69. The molecule has 0 saturated heterocycles. The molecule has 0 aliphatic heterocycles. The van der Waals surface area contributed by atoms with Crippen LogP contribution in [-0.2, 0) is 9.47 Å². The summed E-state index contributed by atoms with van der Waals surface area (Å²) in [6.45, 7) is 4.68. The molecule has 108 valence electrons. The molecule has 1 rings (SSSR count). The monoisotopic (exact) mass is 267 g/mol. The molecule has 19 heavy (non-hydrogen) atoms. The van der Waals surface area contributed by atoms with Crippen molar-refractivity contribution in [2.75, 3.05) is 33.5 Å². The van der Waals surface area contributed by atoms with Gasteiger partial charge in [0.1, 0.15) is 12.4 Å². The summed E-state index contributed by atoms with van der Waals surface area (Å²) < 4.78 is 15.9. The molecule has 0 bridgehead atoms. The molecule has 0 aromatic heterocycles. The van der Waals surface area contributed by atoms with Gasteiger partial charge in [0.15, 0.2) is 0 Å². The molecule has 4 heteroatoms. The molecule has 2 N–H and O–H groups in total.